The minimum atomic E-state index is -1.19. The van der Waals surface area contributed by atoms with Gasteiger partial charge in [0.2, 0.25) is 5.71 Å². The first-order valence-electron chi connectivity index (χ1n) is 6.33. The van der Waals surface area contributed by atoms with Crippen LogP contribution in [0.25, 0.3) is 0 Å². The summed E-state index contributed by atoms with van der Waals surface area (Å²) in [6.45, 7) is 0. The van der Waals surface area contributed by atoms with Crippen LogP contribution in [-0.2, 0) is 14.4 Å². The van der Waals surface area contributed by atoms with Gasteiger partial charge in [-0.2, -0.15) is 0 Å². The van der Waals surface area contributed by atoms with Crippen LogP contribution in [0.1, 0.15) is 31.4 Å². The van der Waals surface area contributed by atoms with Gasteiger partial charge in [0.15, 0.2) is 11.2 Å². The zero-order valence-electron chi connectivity index (χ0n) is 11.1. The number of thiazole rings is 1. The zero-order chi connectivity index (χ0) is 14.5. The van der Waals surface area contributed by atoms with Gasteiger partial charge in [-0.15, -0.1) is 11.3 Å². The summed E-state index contributed by atoms with van der Waals surface area (Å²) in [5.74, 6) is -1.19. The molecule has 0 radical (unpaired) electrons. The van der Waals surface area contributed by atoms with Crippen LogP contribution < -0.4 is 5.73 Å². The third kappa shape index (κ3) is 3.45. The Morgan fingerprint density at radius 3 is 2.75 bits per heavy atom. The number of carboxylic acids is 1. The van der Waals surface area contributed by atoms with E-state index in [-0.39, 0.29) is 23.6 Å². The molecule has 0 amide bonds. The molecule has 1 aliphatic carbocycles. The third-order valence-electron chi connectivity index (χ3n) is 3.19. The predicted octanol–water partition coefficient (Wildman–Crippen LogP) is 1.49. The topological polar surface area (TPSA) is 107 Å². The summed E-state index contributed by atoms with van der Waals surface area (Å²) in [6.07, 6.45) is 3.52. The number of aliphatic carboxylic acids is 1. The number of carbonyl (C=O) groups is 1. The van der Waals surface area contributed by atoms with Crippen LogP contribution in [0.5, 0.6) is 0 Å². The first-order valence-corrected chi connectivity index (χ1v) is 7.21. The van der Waals surface area contributed by atoms with Gasteiger partial charge in [-0.1, -0.05) is 11.6 Å². The quantitative estimate of drug-likeness (QED) is 0.630. The molecule has 7 nitrogen and oxygen atoms in total. The van der Waals surface area contributed by atoms with Crippen LogP contribution in [0.3, 0.4) is 0 Å². The van der Waals surface area contributed by atoms with E-state index in [1.807, 2.05) is 0 Å². The van der Waals surface area contributed by atoms with Crippen LogP contribution in [0.4, 0.5) is 5.13 Å². The number of nitrogens with two attached hydrogens (primary N) is 1. The fourth-order valence-electron chi connectivity index (χ4n) is 2.17. The maximum absolute atomic E-state index is 11.2. The van der Waals surface area contributed by atoms with E-state index in [1.54, 1.807) is 12.5 Å². The molecule has 0 aliphatic heterocycles. The van der Waals surface area contributed by atoms with E-state index in [0.29, 0.717) is 5.13 Å². The molecule has 0 saturated heterocycles. The van der Waals surface area contributed by atoms with E-state index in [9.17, 15) is 9.90 Å². The molecule has 20 heavy (non-hydrogen) atoms. The second kappa shape index (κ2) is 6.67. The van der Waals surface area contributed by atoms with Crippen LogP contribution in [0.15, 0.2) is 10.5 Å². The summed E-state index contributed by atoms with van der Waals surface area (Å²) in [4.78, 5) is 20.5. The van der Waals surface area contributed by atoms with Crippen LogP contribution >= 0.6 is 11.3 Å². The Morgan fingerprint density at radius 1 is 1.50 bits per heavy atom. The number of rotatable bonds is 5. The van der Waals surface area contributed by atoms with Gasteiger partial charge < -0.3 is 20.4 Å². The van der Waals surface area contributed by atoms with Crippen molar-refractivity contribution in [2.24, 2.45) is 5.16 Å². The van der Waals surface area contributed by atoms with Gasteiger partial charge >= 0.3 is 5.97 Å². The average Bonchev–Trinajstić information content (AvgIpc) is 2.85. The van der Waals surface area contributed by atoms with Gasteiger partial charge in [0.05, 0.1) is 6.10 Å². The molecule has 1 aliphatic rings. The molecule has 0 spiro atoms. The number of hydrogen-bond donors (Lipinski definition) is 2. The molecule has 2 atom stereocenters. The van der Waals surface area contributed by atoms with E-state index in [2.05, 4.69) is 10.1 Å². The normalized spacial score (nSPS) is 23.6. The molecule has 0 aromatic carbocycles. The van der Waals surface area contributed by atoms with Gasteiger partial charge in [-0.3, -0.25) is 0 Å². The zero-order valence-corrected chi connectivity index (χ0v) is 11.9. The predicted molar refractivity (Wildman–Crippen MR) is 74.8 cm³/mol. The van der Waals surface area contributed by atoms with Crippen molar-refractivity contribution in [1.29, 1.82) is 0 Å². The molecule has 1 aromatic heterocycles. The lowest BCUT2D eigenvalue weighted by molar-refractivity contribution is -0.129. The second-order valence-corrected chi connectivity index (χ2v) is 5.41. The number of anilines is 1. The largest absolute Gasteiger partial charge is 0.476 e. The number of carboxylic acid groups (broad SMARTS) is 1. The lowest BCUT2D eigenvalue weighted by Gasteiger charge is -2.28. The van der Waals surface area contributed by atoms with Gasteiger partial charge in [-0.05, 0) is 19.3 Å². The van der Waals surface area contributed by atoms with Crippen molar-refractivity contribution in [1.82, 2.24) is 4.98 Å². The van der Waals surface area contributed by atoms with Crippen molar-refractivity contribution in [3.05, 3.63) is 11.1 Å². The van der Waals surface area contributed by atoms with Crippen molar-refractivity contribution in [2.75, 3.05) is 12.8 Å². The number of hydrogen-bond acceptors (Lipinski definition) is 7. The molecule has 1 saturated carbocycles. The van der Waals surface area contributed by atoms with E-state index in [4.69, 9.17) is 15.3 Å². The van der Waals surface area contributed by atoms with Crippen LogP contribution in [0, 0.1) is 0 Å². The Labute approximate surface area is 120 Å². The first kappa shape index (κ1) is 14.7. The third-order valence-corrected chi connectivity index (χ3v) is 3.87. The molecule has 2 unspecified atom stereocenters. The molecular weight excluding hydrogens is 282 g/mol. The Bertz CT molecular complexity index is 503. The van der Waals surface area contributed by atoms with Crippen molar-refractivity contribution < 1.29 is 19.5 Å². The SMILES string of the molecule is COC1CCCCC1ON=C(C(=O)O)c1csc(N)n1. The summed E-state index contributed by atoms with van der Waals surface area (Å²) in [5, 5.41) is 14.8. The van der Waals surface area contributed by atoms with Crippen molar-refractivity contribution >= 4 is 28.1 Å². The monoisotopic (exact) mass is 299 g/mol. The van der Waals surface area contributed by atoms with Gasteiger partial charge in [0.25, 0.3) is 0 Å². The van der Waals surface area contributed by atoms with Crippen molar-refractivity contribution in [3.8, 4) is 0 Å². The van der Waals surface area contributed by atoms with E-state index >= 15 is 0 Å². The highest BCUT2D eigenvalue weighted by molar-refractivity contribution is 7.13. The summed E-state index contributed by atoms with van der Waals surface area (Å²) < 4.78 is 5.33. The number of nitrogens with zero attached hydrogens (tertiary/aromatic N) is 2. The van der Waals surface area contributed by atoms with Gasteiger partial charge in [0.1, 0.15) is 5.69 Å². The first-order chi connectivity index (χ1) is 9.61. The fourth-order valence-corrected chi connectivity index (χ4v) is 2.71. The molecule has 110 valence electrons. The standard InChI is InChI=1S/C12H17N3O4S/c1-18-8-4-2-3-5-9(8)19-15-10(11(16)17)7-6-20-12(13)14-7/h6,8-9H,2-5H2,1H3,(H2,13,14)(H,16,17). The number of oxime groups is 1. The molecule has 2 rings (SSSR count). The molecular formula is C12H17N3O4S. The molecule has 8 heteroatoms. The van der Waals surface area contributed by atoms with E-state index in [0.717, 1.165) is 37.0 Å². The number of nitrogen functional groups attached to an aromatic ring is 1. The lowest BCUT2D eigenvalue weighted by Crippen LogP contribution is -2.33. The highest BCUT2D eigenvalue weighted by Gasteiger charge is 2.27. The van der Waals surface area contributed by atoms with Crippen molar-refractivity contribution in [3.63, 3.8) is 0 Å². The minimum absolute atomic E-state index is 0.0527. The Morgan fingerprint density at radius 2 is 2.20 bits per heavy atom. The highest BCUT2D eigenvalue weighted by Crippen LogP contribution is 2.24. The highest BCUT2D eigenvalue weighted by atomic mass is 32.1. The summed E-state index contributed by atoms with van der Waals surface area (Å²) in [5.41, 5.74) is 5.47. The summed E-state index contributed by atoms with van der Waals surface area (Å²) in [6, 6.07) is 0. The van der Waals surface area contributed by atoms with E-state index in [1.165, 1.54) is 0 Å². The number of methoxy groups -OCH3 is 1. The molecule has 1 heterocycles. The minimum Gasteiger partial charge on any atom is -0.476 e. The second-order valence-electron chi connectivity index (χ2n) is 4.52. The molecule has 1 fully saturated rings. The molecule has 3 N–H and O–H groups in total. The van der Waals surface area contributed by atoms with Crippen LogP contribution in [-0.4, -0.2) is 41.1 Å². The Hall–Kier alpha value is -1.67. The number of ether oxygens (including phenoxy) is 1. The lowest BCUT2D eigenvalue weighted by atomic mass is 9.95. The smallest absolute Gasteiger partial charge is 0.360 e. The number of aromatic nitrogens is 1. The van der Waals surface area contributed by atoms with Gasteiger partial charge in [0, 0.05) is 12.5 Å². The van der Waals surface area contributed by atoms with Crippen LogP contribution in [0.2, 0.25) is 0 Å². The maximum atomic E-state index is 11.2. The van der Waals surface area contributed by atoms with Crippen molar-refractivity contribution in [2.45, 2.75) is 37.9 Å². The molecule has 0 bridgehead atoms. The fraction of sp³-hybridized carbons (Fsp3) is 0.583. The molecule has 1 aromatic rings. The Balaban J connectivity index is 2.11. The summed E-state index contributed by atoms with van der Waals surface area (Å²) >= 11 is 1.16. The Kier molecular flexibility index (Phi) is 4.91. The van der Waals surface area contributed by atoms with E-state index < -0.39 is 5.97 Å². The maximum Gasteiger partial charge on any atom is 0.360 e. The average molecular weight is 299 g/mol. The van der Waals surface area contributed by atoms with Gasteiger partial charge in [-0.25, -0.2) is 9.78 Å². The summed E-state index contributed by atoms with van der Waals surface area (Å²) in [7, 11) is 1.62.